The van der Waals surface area contributed by atoms with E-state index in [0.29, 0.717) is 6.42 Å². The van der Waals surface area contributed by atoms with Crippen molar-refractivity contribution in [3.8, 4) is 0 Å². The summed E-state index contributed by atoms with van der Waals surface area (Å²) in [6.07, 6.45) is 5.88. The molecule has 0 aliphatic heterocycles. The van der Waals surface area contributed by atoms with Crippen LogP contribution < -0.4 is 0 Å². The third kappa shape index (κ3) is 59.9. The van der Waals surface area contributed by atoms with Crippen LogP contribution in [0.3, 0.4) is 0 Å². The Morgan fingerprint density at radius 3 is 1.71 bits per heavy atom. The maximum absolute atomic E-state index is 10.0. The third-order valence-electron chi connectivity index (χ3n) is 1.49. The maximum atomic E-state index is 10.0. The van der Waals surface area contributed by atoms with Gasteiger partial charge >= 0.3 is 39.3 Å². The molecule has 0 saturated carbocycles. The number of aliphatic carboxylic acids is 1. The van der Waals surface area contributed by atoms with E-state index < -0.39 is 5.97 Å². The second kappa shape index (κ2) is 36.0. The number of hydrogen-bond acceptors (Lipinski definition) is 1. The van der Waals surface area contributed by atoms with Crippen molar-refractivity contribution in [1.29, 1.82) is 0 Å². The average Bonchev–Trinajstić information content (AvgIpc) is 2.05. The normalized spacial score (nSPS) is 7.00. The average molecular weight is 396 g/mol. The molecular weight excluding hydrogens is 374 g/mol. The molecule has 0 aliphatic rings. The fraction of sp³-hybridized carbons (Fsp3) is 0.875. The van der Waals surface area contributed by atoms with Crippen molar-refractivity contribution in [2.75, 3.05) is 0 Å². The van der Waals surface area contributed by atoms with Crippen LogP contribution in [0.1, 0.15) is 45.4 Å². The molecule has 0 spiro atoms. The fourth-order valence-electron chi connectivity index (χ4n) is 0.880. The summed E-state index contributed by atoms with van der Waals surface area (Å²) in [6, 6.07) is 0. The monoisotopic (exact) mass is 394 g/mol. The van der Waals surface area contributed by atoms with E-state index in [-0.39, 0.29) is 33.5 Å². The van der Waals surface area contributed by atoms with Crippen LogP contribution >= 0.6 is 20.2 Å². The summed E-state index contributed by atoms with van der Waals surface area (Å²) in [6.45, 7) is 2.15. The Hall–Kier alpha value is 0.969. The second-order valence-corrected chi connectivity index (χ2v) is 4.16. The zero-order valence-corrected chi connectivity index (χ0v) is 12.9. The van der Waals surface area contributed by atoms with Crippen LogP contribution in [0.4, 0.5) is 0 Å². The molecule has 17 heavy (non-hydrogen) atoms. The van der Waals surface area contributed by atoms with Crippen molar-refractivity contribution in [3.05, 3.63) is 0 Å². The summed E-state index contributed by atoms with van der Waals surface area (Å²) in [5, 5.41) is 8.27. The Balaban J connectivity index is -0.0000000393. The second-order valence-electron chi connectivity index (χ2n) is 2.60. The van der Waals surface area contributed by atoms with Crippen LogP contribution in [-0.4, -0.2) is 27.5 Å². The molecule has 0 aromatic heterocycles. The van der Waals surface area contributed by atoms with Crippen molar-refractivity contribution in [1.82, 2.24) is 0 Å². The third-order valence-corrected chi connectivity index (χ3v) is 1.49. The van der Waals surface area contributed by atoms with E-state index in [4.69, 9.17) is 5.11 Å². The van der Waals surface area contributed by atoms with E-state index >= 15 is 0 Å². The van der Waals surface area contributed by atoms with Crippen LogP contribution in [-0.2, 0) is 35.0 Å². The molecule has 7 N–H and O–H groups in total. The molecule has 0 atom stereocenters. The quantitative estimate of drug-likeness (QED) is 0.536. The van der Waals surface area contributed by atoms with Gasteiger partial charge in [0.25, 0.3) is 0 Å². The van der Waals surface area contributed by atoms with Gasteiger partial charge in [-0.05, 0) is 6.42 Å². The Morgan fingerprint density at radius 1 is 1.06 bits per heavy atom. The molecule has 120 valence electrons. The van der Waals surface area contributed by atoms with E-state index in [1.165, 1.54) is 19.3 Å². The van der Waals surface area contributed by atoms with E-state index in [1.54, 1.807) is 0 Å². The Bertz CT molecular complexity index is 122. The molecule has 5 nitrogen and oxygen atoms in total. The number of halogens is 2. The van der Waals surface area contributed by atoms with Crippen molar-refractivity contribution >= 4 is 26.2 Å². The maximum Gasteiger partial charge on any atom is 0 e. The van der Waals surface area contributed by atoms with Gasteiger partial charge in [-0.3, -0.25) is 4.79 Å². The van der Waals surface area contributed by atoms with Gasteiger partial charge in [-0.25, -0.2) is 0 Å². The SMILES string of the molecule is CCCCCCCC(=O)O.O.O.O.[Cl][Cu][Cl].[Cu]. The molecular formula is C8H22Cl2Cu2O5. The Labute approximate surface area is 128 Å². The van der Waals surface area contributed by atoms with Gasteiger partial charge in [-0.15, -0.1) is 0 Å². The van der Waals surface area contributed by atoms with Crippen LogP contribution in [0.15, 0.2) is 0 Å². The standard InChI is InChI=1S/C8H16O2.2ClH.2Cu.3H2O/c1-2-3-4-5-6-7-8(9)10;;;;;;;/h2-7H2,1H3,(H,9,10);2*1H;;;3*1H2/q;;;;+2;;;/p-2. The Kier molecular flexibility index (Phi) is 76.4. The van der Waals surface area contributed by atoms with E-state index in [9.17, 15) is 4.79 Å². The van der Waals surface area contributed by atoms with Crippen molar-refractivity contribution in [2.45, 2.75) is 45.4 Å². The number of rotatable bonds is 6. The van der Waals surface area contributed by atoms with Crippen molar-refractivity contribution in [2.24, 2.45) is 0 Å². The molecule has 0 fully saturated rings. The van der Waals surface area contributed by atoms with E-state index in [1.807, 2.05) is 0 Å². The van der Waals surface area contributed by atoms with Crippen molar-refractivity contribution in [3.63, 3.8) is 0 Å². The first-order valence-corrected chi connectivity index (χ1v) is 6.81. The van der Waals surface area contributed by atoms with Crippen LogP contribution in [0.25, 0.3) is 0 Å². The largest absolute Gasteiger partial charge is 0 e. The zero-order valence-electron chi connectivity index (χ0n) is 9.46. The van der Waals surface area contributed by atoms with Gasteiger partial charge in [0.15, 0.2) is 0 Å². The number of hydrogen-bond donors (Lipinski definition) is 1. The molecule has 0 amide bonds. The number of carboxylic acids is 1. The minimum Gasteiger partial charge on any atom is 0 e. The van der Waals surface area contributed by atoms with Gasteiger partial charge in [0, 0.05) is 23.5 Å². The minimum absolute atomic E-state index is 0. The van der Waals surface area contributed by atoms with Gasteiger partial charge in [-0.2, -0.15) is 0 Å². The zero-order chi connectivity index (χ0) is 10.5. The predicted octanol–water partition coefficient (Wildman–Crippen LogP) is 1.33. The molecule has 0 heterocycles. The van der Waals surface area contributed by atoms with E-state index in [2.05, 4.69) is 27.1 Å². The molecule has 0 saturated heterocycles. The van der Waals surface area contributed by atoms with Gasteiger partial charge in [0.2, 0.25) is 0 Å². The van der Waals surface area contributed by atoms with Gasteiger partial charge in [0.05, 0.1) is 0 Å². The van der Waals surface area contributed by atoms with Crippen molar-refractivity contribution < 1.29 is 56.5 Å². The van der Waals surface area contributed by atoms with Gasteiger partial charge in [0.1, 0.15) is 0 Å². The van der Waals surface area contributed by atoms with Crippen LogP contribution in [0.2, 0.25) is 0 Å². The van der Waals surface area contributed by atoms with Gasteiger partial charge < -0.3 is 21.5 Å². The molecule has 0 aliphatic carbocycles. The first kappa shape index (κ1) is 36.1. The first-order chi connectivity index (χ1) is 6.18. The fourth-order valence-corrected chi connectivity index (χ4v) is 0.880. The molecule has 0 rings (SSSR count). The summed E-state index contributed by atoms with van der Waals surface area (Å²) in [5.74, 6) is -0.670. The molecule has 1 radical (unpaired) electrons. The smallest absolute Gasteiger partial charge is 0 e. The minimum atomic E-state index is -0.670. The Morgan fingerprint density at radius 2 is 1.41 bits per heavy atom. The molecule has 0 aromatic carbocycles. The van der Waals surface area contributed by atoms with E-state index in [0.717, 1.165) is 26.0 Å². The molecule has 9 heteroatoms. The summed E-state index contributed by atoms with van der Waals surface area (Å²) in [4.78, 5) is 10.0. The van der Waals surface area contributed by atoms with Crippen LogP contribution in [0, 0.1) is 0 Å². The van der Waals surface area contributed by atoms with Gasteiger partial charge in [-0.1, -0.05) is 32.6 Å². The summed E-state index contributed by atoms with van der Waals surface area (Å²) < 4.78 is 0. The molecule has 0 bridgehead atoms. The molecule has 0 aromatic rings. The summed E-state index contributed by atoms with van der Waals surface area (Å²) in [5.41, 5.74) is 0. The molecule has 0 unspecified atom stereocenters. The number of unbranched alkanes of at least 4 members (excludes halogenated alkanes) is 4. The topological polar surface area (TPSA) is 132 Å². The first-order valence-electron chi connectivity index (χ1n) is 4.22. The summed E-state index contributed by atoms with van der Waals surface area (Å²) >= 11 is 0.757. The van der Waals surface area contributed by atoms with Crippen LogP contribution in [0.5, 0.6) is 0 Å². The number of carbonyl (C=O) groups is 1. The number of carboxylic acid groups (broad SMARTS) is 1. The summed E-state index contributed by atoms with van der Waals surface area (Å²) in [7, 11) is 9.34. The predicted molar refractivity (Wildman–Crippen MR) is 63.6 cm³/mol.